The summed E-state index contributed by atoms with van der Waals surface area (Å²) in [6.45, 7) is 0. The highest BCUT2D eigenvalue weighted by Crippen LogP contribution is 2.43. The molecule has 0 spiro atoms. The SMILES string of the molecule is c1ccc(-n2c3ccccc3c3cc(-c4ccc(-c5ccc6c(c5)c5ccccc5n6-c5cc6c7ccccc7n7c8ccccc8c(c5)c67)cc4)ccc32)cc1. The molecule has 13 aromatic rings. The summed E-state index contributed by atoms with van der Waals surface area (Å²) in [6.07, 6.45) is 0. The summed E-state index contributed by atoms with van der Waals surface area (Å²) in [6, 6.07) is 73.6. The van der Waals surface area contributed by atoms with Gasteiger partial charge in [-0.25, -0.2) is 0 Å². The highest BCUT2D eigenvalue weighted by Gasteiger charge is 2.21. The van der Waals surface area contributed by atoms with E-state index < -0.39 is 0 Å². The first kappa shape index (κ1) is 30.7. The van der Waals surface area contributed by atoms with E-state index in [0.717, 1.165) is 0 Å². The van der Waals surface area contributed by atoms with Crippen molar-refractivity contribution in [3.8, 4) is 33.6 Å². The van der Waals surface area contributed by atoms with Gasteiger partial charge in [0.2, 0.25) is 0 Å². The zero-order valence-electron chi connectivity index (χ0n) is 30.9. The highest BCUT2D eigenvalue weighted by atomic mass is 15.0. The third-order valence-corrected chi connectivity index (χ3v) is 12.4. The Morgan fingerprint density at radius 1 is 0.228 bits per heavy atom. The van der Waals surface area contributed by atoms with Crippen molar-refractivity contribution < 1.29 is 0 Å². The van der Waals surface area contributed by atoms with Crippen LogP contribution in [0.4, 0.5) is 0 Å². The maximum Gasteiger partial charge on any atom is 0.0622 e. The molecular weight excluding hydrogens is 691 g/mol. The Kier molecular flexibility index (Phi) is 6.16. The number of benzene rings is 9. The van der Waals surface area contributed by atoms with Crippen molar-refractivity contribution in [3.05, 3.63) is 200 Å². The van der Waals surface area contributed by atoms with Gasteiger partial charge in [-0.2, -0.15) is 0 Å². The van der Waals surface area contributed by atoms with Gasteiger partial charge in [-0.05, 0) is 95.1 Å². The first-order valence-electron chi connectivity index (χ1n) is 19.7. The summed E-state index contributed by atoms with van der Waals surface area (Å²) in [7, 11) is 0. The van der Waals surface area contributed by atoms with Crippen LogP contribution in [0.3, 0.4) is 0 Å². The average molecular weight is 724 g/mol. The zero-order chi connectivity index (χ0) is 37.2. The minimum absolute atomic E-state index is 1.18. The Hall–Kier alpha value is -7.62. The van der Waals surface area contributed by atoms with E-state index in [2.05, 4.69) is 214 Å². The van der Waals surface area contributed by atoms with E-state index in [1.54, 1.807) is 0 Å². The Morgan fingerprint density at radius 2 is 0.596 bits per heavy atom. The summed E-state index contributed by atoms with van der Waals surface area (Å²) < 4.78 is 7.28. The molecule has 0 unspecified atom stereocenters. The number of para-hydroxylation sites is 5. The maximum absolute atomic E-state index is 2.46. The standard InChI is InChI=1S/C54H33N3/c1-2-12-38(13-3-1)55-48-18-8-4-14-40(48)44-30-36(26-28-52(44)55)34-22-24-35(25-23-34)37-27-29-53-45(31-37)41-15-5-9-19-49(41)56(53)39-32-46-42-16-6-10-20-50(42)57-51-21-11-7-17-43(51)47(33-39)54(46)57/h1-33H. The van der Waals surface area contributed by atoms with Crippen LogP contribution in [0.15, 0.2) is 200 Å². The molecule has 0 atom stereocenters. The lowest BCUT2D eigenvalue weighted by atomic mass is 9.98. The van der Waals surface area contributed by atoms with Crippen molar-refractivity contribution in [1.29, 1.82) is 0 Å². The van der Waals surface area contributed by atoms with E-state index in [1.807, 2.05) is 0 Å². The lowest BCUT2D eigenvalue weighted by Crippen LogP contribution is -1.94. The van der Waals surface area contributed by atoms with E-state index in [9.17, 15) is 0 Å². The second-order valence-electron chi connectivity index (χ2n) is 15.3. The van der Waals surface area contributed by atoms with Gasteiger partial charge in [0, 0.05) is 54.5 Å². The van der Waals surface area contributed by atoms with Gasteiger partial charge in [0.25, 0.3) is 0 Å². The molecule has 3 nitrogen and oxygen atoms in total. The molecule has 0 N–H and O–H groups in total. The van der Waals surface area contributed by atoms with Crippen LogP contribution < -0.4 is 0 Å². The third kappa shape index (κ3) is 4.26. The number of nitrogens with zero attached hydrogens (tertiary/aromatic N) is 3. The molecule has 57 heavy (non-hydrogen) atoms. The largest absolute Gasteiger partial charge is 0.309 e. The van der Waals surface area contributed by atoms with Crippen LogP contribution in [0.5, 0.6) is 0 Å². The molecule has 0 aliphatic rings. The predicted octanol–water partition coefficient (Wildman–Crippen LogP) is 14.4. The average Bonchev–Trinajstić information content (AvgIpc) is 4.00. The number of fused-ring (bicyclic) bond motifs is 12. The lowest BCUT2D eigenvalue weighted by molar-refractivity contribution is 1.18. The van der Waals surface area contributed by atoms with E-state index in [0.29, 0.717) is 0 Å². The molecular formula is C54H33N3. The van der Waals surface area contributed by atoms with Gasteiger partial charge in [0.1, 0.15) is 0 Å². The van der Waals surface area contributed by atoms with Crippen LogP contribution in [0.25, 0.3) is 115 Å². The fourth-order valence-electron chi connectivity index (χ4n) is 9.86. The molecule has 0 aliphatic carbocycles. The van der Waals surface area contributed by atoms with E-state index in [4.69, 9.17) is 0 Å². The van der Waals surface area contributed by atoms with Gasteiger partial charge in [-0.3, -0.25) is 0 Å². The summed E-state index contributed by atoms with van der Waals surface area (Å²) in [5.41, 5.74) is 15.9. The summed E-state index contributed by atoms with van der Waals surface area (Å²) in [5.74, 6) is 0. The van der Waals surface area contributed by atoms with Gasteiger partial charge in [0.15, 0.2) is 0 Å². The first-order chi connectivity index (χ1) is 28.3. The second kappa shape index (κ2) is 11.5. The van der Waals surface area contributed by atoms with Crippen molar-refractivity contribution >= 4 is 81.7 Å². The first-order valence-corrected chi connectivity index (χ1v) is 19.7. The third-order valence-electron chi connectivity index (χ3n) is 12.4. The van der Waals surface area contributed by atoms with Crippen molar-refractivity contribution in [1.82, 2.24) is 13.5 Å². The minimum atomic E-state index is 1.18. The van der Waals surface area contributed by atoms with Crippen LogP contribution in [0, 0.1) is 0 Å². The van der Waals surface area contributed by atoms with Gasteiger partial charge in [-0.15, -0.1) is 0 Å². The molecule has 0 saturated carbocycles. The quantitative estimate of drug-likeness (QED) is 0.172. The van der Waals surface area contributed by atoms with Crippen molar-refractivity contribution in [2.45, 2.75) is 0 Å². The molecule has 0 bridgehead atoms. The normalized spacial score (nSPS) is 12.2. The van der Waals surface area contributed by atoms with Crippen LogP contribution in [-0.4, -0.2) is 13.5 Å². The molecule has 0 fully saturated rings. The minimum Gasteiger partial charge on any atom is -0.309 e. The molecule has 264 valence electrons. The number of hydrogen-bond acceptors (Lipinski definition) is 0. The van der Waals surface area contributed by atoms with E-state index >= 15 is 0 Å². The lowest BCUT2D eigenvalue weighted by Gasteiger charge is -2.10. The molecule has 4 heterocycles. The van der Waals surface area contributed by atoms with Gasteiger partial charge in [-0.1, -0.05) is 127 Å². The molecule has 4 aromatic heterocycles. The zero-order valence-corrected chi connectivity index (χ0v) is 30.9. The van der Waals surface area contributed by atoms with Gasteiger partial charge in [0.05, 0.1) is 38.6 Å². The van der Waals surface area contributed by atoms with Crippen molar-refractivity contribution in [2.75, 3.05) is 0 Å². The van der Waals surface area contributed by atoms with E-state index in [-0.39, 0.29) is 0 Å². The summed E-state index contributed by atoms with van der Waals surface area (Å²) >= 11 is 0. The predicted molar refractivity (Wildman–Crippen MR) is 241 cm³/mol. The maximum atomic E-state index is 2.46. The van der Waals surface area contributed by atoms with Crippen molar-refractivity contribution in [3.63, 3.8) is 0 Å². The topological polar surface area (TPSA) is 14.3 Å². The van der Waals surface area contributed by atoms with Gasteiger partial charge < -0.3 is 13.5 Å². The molecule has 13 rings (SSSR count). The Morgan fingerprint density at radius 3 is 1.09 bits per heavy atom. The summed E-state index contributed by atoms with van der Waals surface area (Å²) in [4.78, 5) is 0. The van der Waals surface area contributed by atoms with Crippen LogP contribution in [0.2, 0.25) is 0 Å². The molecule has 0 aliphatic heterocycles. The Balaban J connectivity index is 0.935. The second-order valence-corrected chi connectivity index (χ2v) is 15.3. The Labute approximate surface area is 327 Å². The number of hydrogen-bond donors (Lipinski definition) is 0. The smallest absolute Gasteiger partial charge is 0.0622 e. The molecule has 0 saturated heterocycles. The summed E-state index contributed by atoms with van der Waals surface area (Å²) in [5, 5.41) is 10.2. The Bertz CT molecular complexity index is 3650. The van der Waals surface area contributed by atoms with Crippen LogP contribution in [-0.2, 0) is 0 Å². The highest BCUT2D eigenvalue weighted by molar-refractivity contribution is 6.24. The number of rotatable bonds is 4. The molecule has 0 radical (unpaired) electrons. The fraction of sp³-hybridized carbons (Fsp3) is 0. The number of aromatic nitrogens is 3. The fourth-order valence-corrected chi connectivity index (χ4v) is 9.86. The molecule has 0 amide bonds. The van der Waals surface area contributed by atoms with E-state index in [1.165, 1.54) is 115 Å². The van der Waals surface area contributed by atoms with Crippen LogP contribution in [0.1, 0.15) is 0 Å². The monoisotopic (exact) mass is 723 g/mol. The van der Waals surface area contributed by atoms with Crippen LogP contribution >= 0.6 is 0 Å². The van der Waals surface area contributed by atoms with Gasteiger partial charge >= 0.3 is 0 Å². The molecule has 3 heteroatoms. The molecule has 9 aromatic carbocycles. The van der Waals surface area contributed by atoms with Crippen molar-refractivity contribution in [2.24, 2.45) is 0 Å².